The molecule has 1 aromatic rings. The van der Waals surface area contributed by atoms with Gasteiger partial charge in [0, 0.05) is 26.6 Å². The highest BCUT2D eigenvalue weighted by molar-refractivity contribution is 5.94. The van der Waals surface area contributed by atoms with E-state index >= 15 is 0 Å². The van der Waals surface area contributed by atoms with E-state index in [1.165, 1.54) is 13.2 Å². The summed E-state index contributed by atoms with van der Waals surface area (Å²) >= 11 is 0. The first kappa shape index (κ1) is 23.0. The van der Waals surface area contributed by atoms with Gasteiger partial charge >= 0.3 is 6.18 Å². The van der Waals surface area contributed by atoms with Crippen molar-refractivity contribution >= 4 is 17.5 Å². The van der Waals surface area contributed by atoms with Crippen LogP contribution in [0.5, 0.6) is 5.75 Å². The number of piperidine rings is 1. The van der Waals surface area contributed by atoms with Gasteiger partial charge in [0.05, 0.1) is 23.8 Å². The first-order valence-corrected chi connectivity index (χ1v) is 9.67. The van der Waals surface area contributed by atoms with E-state index in [9.17, 15) is 22.8 Å². The Hall–Kier alpha value is -2.29. The summed E-state index contributed by atoms with van der Waals surface area (Å²) in [5.74, 6) is -0.772. The molecule has 1 aliphatic rings. The molecule has 1 N–H and O–H groups in total. The zero-order valence-electron chi connectivity index (χ0n) is 16.7. The van der Waals surface area contributed by atoms with E-state index in [4.69, 9.17) is 9.47 Å². The number of amides is 2. The number of likely N-dealkylation sites (tertiary alicyclic amines) is 1. The van der Waals surface area contributed by atoms with Crippen molar-refractivity contribution in [3.05, 3.63) is 23.8 Å². The van der Waals surface area contributed by atoms with Crippen LogP contribution >= 0.6 is 0 Å². The molecule has 1 atom stereocenters. The van der Waals surface area contributed by atoms with Gasteiger partial charge in [-0.1, -0.05) is 6.92 Å². The van der Waals surface area contributed by atoms with Crippen molar-refractivity contribution in [2.45, 2.75) is 38.8 Å². The molecule has 9 heteroatoms. The summed E-state index contributed by atoms with van der Waals surface area (Å²) in [5, 5.41) is 2.57. The largest absolute Gasteiger partial charge is 0.489 e. The Balaban J connectivity index is 2.14. The fourth-order valence-corrected chi connectivity index (χ4v) is 3.19. The molecule has 1 heterocycles. The molecule has 0 radical (unpaired) electrons. The van der Waals surface area contributed by atoms with Crippen LogP contribution in [0.4, 0.5) is 18.9 Å². The maximum atomic E-state index is 13.1. The van der Waals surface area contributed by atoms with E-state index in [0.717, 1.165) is 18.6 Å². The standard InChI is InChI=1S/C20H27F3N2O4/c1-3-5-18(26)25-9-4-6-14(13-25)19(27)24-16-12-15(20(21,22)23)7-8-17(16)29-11-10-28-2/h7-8,12,14H,3-6,9-11,13H2,1-2H3,(H,24,27). The minimum absolute atomic E-state index is 0.00680. The fraction of sp³-hybridized carbons (Fsp3) is 0.600. The van der Waals surface area contributed by atoms with Crippen LogP contribution in [0.2, 0.25) is 0 Å². The van der Waals surface area contributed by atoms with Crippen LogP contribution in [0.3, 0.4) is 0 Å². The maximum absolute atomic E-state index is 13.1. The van der Waals surface area contributed by atoms with E-state index in [0.29, 0.717) is 25.8 Å². The average Bonchev–Trinajstić information content (AvgIpc) is 2.68. The SMILES string of the molecule is CCCC(=O)N1CCCC(C(=O)Nc2cc(C(F)(F)F)ccc2OCCOC)C1. The van der Waals surface area contributed by atoms with Crippen molar-refractivity contribution in [3.8, 4) is 5.75 Å². The summed E-state index contributed by atoms with van der Waals surface area (Å²) in [7, 11) is 1.48. The molecule has 0 aliphatic carbocycles. The first-order chi connectivity index (χ1) is 13.8. The van der Waals surface area contributed by atoms with Gasteiger partial charge in [0.15, 0.2) is 0 Å². The number of hydrogen-bond donors (Lipinski definition) is 1. The topological polar surface area (TPSA) is 67.9 Å². The van der Waals surface area contributed by atoms with Crippen molar-refractivity contribution in [2.24, 2.45) is 5.92 Å². The molecule has 0 spiro atoms. The van der Waals surface area contributed by atoms with Crippen LogP contribution in [-0.4, -0.2) is 50.1 Å². The highest BCUT2D eigenvalue weighted by Gasteiger charge is 2.32. The number of ether oxygens (including phenoxy) is 2. The molecular formula is C20H27F3N2O4. The minimum atomic E-state index is -4.54. The minimum Gasteiger partial charge on any atom is -0.489 e. The Morgan fingerprint density at radius 1 is 1.28 bits per heavy atom. The van der Waals surface area contributed by atoms with Crippen LogP contribution in [0, 0.1) is 5.92 Å². The lowest BCUT2D eigenvalue weighted by atomic mass is 9.96. The molecule has 1 aliphatic heterocycles. The number of alkyl halides is 3. The lowest BCUT2D eigenvalue weighted by Crippen LogP contribution is -2.43. The number of hydrogen-bond acceptors (Lipinski definition) is 4. The lowest BCUT2D eigenvalue weighted by Gasteiger charge is -2.32. The summed E-state index contributed by atoms with van der Waals surface area (Å²) in [6.45, 7) is 3.16. The average molecular weight is 416 g/mol. The molecule has 2 rings (SSSR count). The quantitative estimate of drug-likeness (QED) is 0.656. The number of benzene rings is 1. The number of methoxy groups -OCH3 is 1. The normalized spacial score (nSPS) is 17.1. The Morgan fingerprint density at radius 2 is 2.03 bits per heavy atom. The fourth-order valence-electron chi connectivity index (χ4n) is 3.19. The predicted molar refractivity (Wildman–Crippen MR) is 102 cm³/mol. The molecule has 1 fully saturated rings. The van der Waals surface area contributed by atoms with Gasteiger partial charge < -0.3 is 19.7 Å². The number of carbonyl (C=O) groups is 2. The molecule has 2 amide bonds. The van der Waals surface area contributed by atoms with Crippen molar-refractivity contribution in [2.75, 3.05) is 38.7 Å². The second-order valence-corrected chi connectivity index (χ2v) is 6.97. The van der Waals surface area contributed by atoms with Crippen LogP contribution in [-0.2, 0) is 20.5 Å². The monoisotopic (exact) mass is 416 g/mol. The van der Waals surface area contributed by atoms with E-state index < -0.39 is 23.6 Å². The van der Waals surface area contributed by atoms with E-state index in [2.05, 4.69) is 5.32 Å². The van der Waals surface area contributed by atoms with Crippen molar-refractivity contribution in [1.82, 2.24) is 4.90 Å². The van der Waals surface area contributed by atoms with E-state index in [1.807, 2.05) is 6.92 Å². The van der Waals surface area contributed by atoms with Gasteiger partial charge in [0.2, 0.25) is 11.8 Å². The number of nitrogens with zero attached hydrogens (tertiary/aromatic N) is 1. The van der Waals surface area contributed by atoms with Gasteiger partial charge in [-0.25, -0.2) is 0 Å². The summed E-state index contributed by atoms with van der Waals surface area (Å²) in [4.78, 5) is 26.5. The van der Waals surface area contributed by atoms with Crippen molar-refractivity contribution in [1.29, 1.82) is 0 Å². The van der Waals surface area contributed by atoms with Gasteiger partial charge in [-0.3, -0.25) is 9.59 Å². The smallest absolute Gasteiger partial charge is 0.416 e. The highest BCUT2D eigenvalue weighted by atomic mass is 19.4. The Kier molecular flexibility index (Phi) is 8.31. The Morgan fingerprint density at radius 3 is 2.69 bits per heavy atom. The first-order valence-electron chi connectivity index (χ1n) is 9.67. The van der Waals surface area contributed by atoms with Crippen molar-refractivity contribution in [3.63, 3.8) is 0 Å². The lowest BCUT2D eigenvalue weighted by molar-refractivity contribution is -0.138. The molecule has 29 heavy (non-hydrogen) atoms. The summed E-state index contributed by atoms with van der Waals surface area (Å²) in [6.07, 6.45) is -2.16. The molecule has 0 saturated carbocycles. The Bertz CT molecular complexity index is 709. The number of halogens is 3. The van der Waals surface area contributed by atoms with Crippen LogP contribution in [0.25, 0.3) is 0 Å². The third kappa shape index (κ3) is 6.62. The highest BCUT2D eigenvalue weighted by Crippen LogP contribution is 2.35. The van der Waals surface area contributed by atoms with E-state index in [1.54, 1.807) is 4.90 Å². The summed E-state index contributed by atoms with van der Waals surface area (Å²) < 4.78 is 49.6. The Labute approximate surface area is 168 Å². The molecule has 1 aromatic carbocycles. The third-order valence-corrected chi connectivity index (χ3v) is 4.72. The van der Waals surface area contributed by atoms with E-state index in [-0.39, 0.29) is 37.1 Å². The predicted octanol–water partition coefficient (Wildman–Crippen LogP) is 3.71. The second-order valence-electron chi connectivity index (χ2n) is 6.97. The van der Waals surface area contributed by atoms with Crippen LogP contribution in [0.15, 0.2) is 18.2 Å². The molecule has 0 aromatic heterocycles. The summed E-state index contributed by atoms with van der Waals surface area (Å²) in [5.41, 5.74) is -0.923. The molecule has 1 unspecified atom stereocenters. The number of nitrogens with one attached hydrogen (secondary N) is 1. The van der Waals surface area contributed by atoms with Gasteiger partial charge in [-0.05, 0) is 37.5 Å². The number of anilines is 1. The zero-order valence-corrected chi connectivity index (χ0v) is 16.7. The van der Waals surface area contributed by atoms with Gasteiger partial charge in [-0.15, -0.1) is 0 Å². The second kappa shape index (κ2) is 10.5. The van der Waals surface area contributed by atoms with Gasteiger partial charge in [0.1, 0.15) is 12.4 Å². The zero-order chi connectivity index (χ0) is 21.4. The molecular weight excluding hydrogens is 389 g/mol. The van der Waals surface area contributed by atoms with Gasteiger partial charge in [-0.2, -0.15) is 13.2 Å². The molecule has 6 nitrogen and oxygen atoms in total. The van der Waals surface area contributed by atoms with Gasteiger partial charge in [0.25, 0.3) is 0 Å². The molecule has 0 bridgehead atoms. The van der Waals surface area contributed by atoms with Crippen molar-refractivity contribution < 1.29 is 32.2 Å². The van der Waals surface area contributed by atoms with Crippen LogP contribution < -0.4 is 10.1 Å². The number of rotatable bonds is 8. The summed E-state index contributed by atoms with van der Waals surface area (Å²) in [6, 6.07) is 2.96. The molecule has 1 saturated heterocycles. The molecule has 162 valence electrons. The maximum Gasteiger partial charge on any atom is 0.416 e. The number of carbonyl (C=O) groups excluding carboxylic acids is 2. The third-order valence-electron chi connectivity index (χ3n) is 4.72. The van der Waals surface area contributed by atoms with Crippen LogP contribution in [0.1, 0.15) is 38.2 Å².